The predicted octanol–water partition coefficient (Wildman–Crippen LogP) is 10.1. The van der Waals surface area contributed by atoms with Crippen molar-refractivity contribution in [3.63, 3.8) is 0 Å². The first-order valence-corrected chi connectivity index (χ1v) is 13.8. The number of thiophene rings is 1. The van der Waals surface area contributed by atoms with E-state index in [-0.39, 0.29) is 0 Å². The Bertz CT molecular complexity index is 1540. The van der Waals surface area contributed by atoms with Crippen LogP contribution in [-0.4, -0.2) is 4.98 Å². The molecule has 1 nitrogen and oxygen atoms in total. The first-order valence-electron chi connectivity index (χ1n) is 13.0. The fourth-order valence-electron chi connectivity index (χ4n) is 6.36. The molecule has 1 fully saturated rings. The zero-order valence-electron chi connectivity index (χ0n) is 21.2. The maximum absolute atomic E-state index is 4.99. The van der Waals surface area contributed by atoms with Crippen LogP contribution in [0.5, 0.6) is 0 Å². The Kier molecular flexibility index (Phi) is 5.73. The van der Waals surface area contributed by atoms with Gasteiger partial charge in [-0.25, -0.2) is 0 Å². The summed E-state index contributed by atoms with van der Waals surface area (Å²) in [4.78, 5) is 6.37. The molecular formula is C33H33NS. The van der Waals surface area contributed by atoms with E-state index in [2.05, 4.69) is 82.3 Å². The second kappa shape index (κ2) is 8.91. The van der Waals surface area contributed by atoms with Gasteiger partial charge in [0.15, 0.2) is 0 Å². The molecule has 5 aromatic rings. The van der Waals surface area contributed by atoms with Crippen LogP contribution in [0.2, 0.25) is 0 Å². The van der Waals surface area contributed by atoms with Crippen molar-refractivity contribution in [1.29, 1.82) is 0 Å². The van der Waals surface area contributed by atoms with Crippen LogP contribution in [0.4, 0.5) is 0 Å². The Morgan fingerprint density at radius 3 is 2.31 bits per heavy atom. The quantitative estimate of drug-likeness (QED) is 0.253. The molecule has 0 aliphatic heterocycles. The molecule has 1 saturated carbocycles. The van der Waals surface area contributed by atoms with E-state index in [0.717, 1.165) is 5.69 Å². The molecular weight excluding hydrogens is 442 g/mol. The highest BCUT2D eigenvalue weighted by Crippen LogP contribution is 2.45. The Morgan fingerprint density at radius 2 is 1.54 bits per heavy atom. The SMILES string of the molecule is Cc1cc(C)c(-c2sc3c(-c4cc(C5CCCCC5)c5ccccc5c4)nccc3c2C)c(C)c1. The van der Waals surface area contributed by atoms with Crippen molar-refractivity contribution in [2.24, 2.45) is 0 Å². The third-order valence-electron chi connectivity index (χ3n) is 7.97. The smallest absolute Gasteiger partial charge is 0.0880 e. The maximum Gasteiger partial charge on any atom is 0.0880 e. The van der Waals surface area contributed by atoms with Gasteiger partial charge in [0.1, 0.15) is 0 Å². The van der Waals surface area contributed by atoms with Crippen molar-refractivity contribution >= 4 is 32.2 Å². The molecule has 0 unspecified atom stereocenters. The van der Waals surface area contributed by atoms with Crippen LogP contribution in [0.15, 0.2) is 60.8 Å². The fourth-order valence-corrected chi connectivity index (χ4v) is 7.85. The molecule has 2 heterocycles. The van der Waals surface area contributed by atoms with E-state index < -0.39 is 0 Å². The lowest BCUT2D eigenvalue weighted by atomic mass is 9.81. The lowest BCUT2D eigenvalue weighted by Crippen LogP contribution is -2.05. The number of fused-ring (bicyclic) bond motifs is 2. The van der Waals surface area contributed by atoms with Crippen molar-refractivity contribution in [2.45, 2.75) is 65.7 Å². The van der Waals surface area contributed by atoms with Crippen molar-refractivity contribution in [3.05, 3.63) is 88.6 Å². The Labute approximate surface area is 212 Å². The number of aryl methyl sites for hydroxylation is 4. The molecule has 0 radical (unpaired) electrons. The Morgan fingerprint density at radius 1 is 0.800 bits per heavy atom. The average Bonchev–Trinajstić information content (AvgIpc) is 3.19. The van der Waals surface area contributed by atoms with Gasteiger partial charge in [0.2, 0.25) is 0 Å². The van der Waals surface area contributed by atoms with Crippen molar-refractivity contribution in [3.8, 4) is 21.7 Å². The van der Waals surface area contributed by atoms with Gasteiger partial charge in [-0.2, -0.15) is 0 Å². The normalized spacial score (nSPS) is 14.7. The molecule has 0 bridgehead atoms. The van der Waals surface area contributed by atoms with Gasteiger partial charge in [0.05, 0.1) is 10.4 Å². The number of pyridine rings is 1. The molecule has 176 valence electrons. The van der Waals surface area contributed by atoms with E-state index in [4.69, 9.17) is 4.98 Å². The molecule has 2 heteroatoms. The standard InChI is InChI=1S/C33H33NS/c1-20-16-21(2)30(22(3)17-20)32-23(4)27-14-15-34-31(33(27)35-32)26-18-25-12-8-9-13-28(25)29(19-26)24-10-6-5-7-11-24/h8-9,12-19,24H,5-7,10-11H2,1-4H3. The molecule has 0 amide bonds. The number of hydrogen-bond donors (Lipinski definition) is 0. The summed E-state index contributed by atoms with van der Waals surface area (Å²) in [5.41, 5.74) is 10.7. The number of aromatic nitrogens is 1. The van der Waals surface area contributed by atoms with E-state index in [1.807, 2.05) is 17.5 Å². The summed E-state index contributed by atoms with van der Waals surface area (Å²) in [7, 11) is 0. The molecule has 0 saturated heterocycles. The summed E-state index contributed by atoms with van der Waals surface area (Å²) < 4.78 is 1.31. The van der Waals surface area contributed by atoms with Gasteiger partial charge in [-0.15, -0.1) is 11.3 Å². The summed E-state index contributed by atoms with van der Waals surface area (Å²) in [6.45, 7) is 8.97. The minimum Gasteiger partial charge on any atom is -0.255 e. The summed E-state index contributed by atoms with van der Waals surface area (Å²) in [6, 6.07) is 20.6. The van der Waals surface area contributed by atoms with E-state index >= 15 is 0 Å². The van der Waals surface area contributed by atoms with Crippen LogP contribution in [-0.2, 0) is 0 Å². The fraction of sp³-hybridized carbons (Fsp3) is 0.303. The molecule has 1 aliphatic rings. The molecule has 0 atom stereocenters. The molecule has 3 aromatic carbocycles. The van der Waals surface area contributed by atoms with Crippen molar-refractivity contribution < 1.29 is 0 Å². The maximum atomic E-state index is 4.99. The van der Waals surface area contributed by atoms with Gasteiger partial charge in [-0.3, -0.25) is 4.98 Å². The minimum atomic E-state index is 0.659. The molecule has 1 aliphatic carbocycles. The van der Waals surface area contributed by atoms with Gasteiger partial charge >= 0.3 is 0 Å². The average molecular weight is 476 g/mol. The first-order chi connectivity index (χ1) is 17.0. The molecule has 0 spiro atoms. The predicted molar refractivity (Wildman–Crippen MR) is 153 cm³/mol. The summed E-state index contributed by atoms with van der Waals surface area (Å²) in [6.07, 6.45) is 8.69. The highest BCUT2D eigenvalue weighted by atomic mass is 32.1. The van der Waals surface area contributed by atoms with E-state index in [1.165, 1.54) is 96.8 Å². The second-order valence-corrected chi connectivity index (χ2v) is 11.5. The third-order valence-corrected chi connectivity index (χ3v) is 9.30. The van der Waals surface area contributed by atoms with Crippen LogP contribution in [0, 0.1) is 27.7 Å². The van der Waals surface area contributed by atoms with E-state index in [9.17, 15) is 0 Å². The Balaban J connectivity index is 1.57. The van der Waals surface area contributed by atoms with Gasteiger partial charge < -0.3 is 0 Å². The van der Waals surface area contributed by atoms with Crippen LogP contribution < -0.4 is 0 Å². The van der Waals surface area contributed by atoms with Crippen LogP contribution in [0.25, 0.3) is 42.6 Å². The van der Waals surface area contributed by atoms with Crippen LogP contribution >= 0.6 is 11.3 Å². The molecule has 35 heavy (non-hydrogen) atoms. The van der Waals surface area contributed by atoms with E-state index in [0.29, 0.717) is 5.92 Å². The highest BCUT2D eigenvalue weighted by Gasteiger charge is 2.21. The molecule has 6 rings (SSSR count). The second-order valence-electron chi connectivity index (χ2n) is 10.5. The lowest BCUT2D eigenvalue weighted by molar-refractivity contribution is 0.445. The first kappa shape index (κ1) is 22.5. The van der Waals surface area contributed by atoms with Crippen LogP contribution in [0.1, 0.15) is 65.8 Å². The van der Waals surface area contributed by atoms with Gasteiger partial charge in [-0.1, -0.05) is 61.2 Å². The zero-order chi connectivity index (χ0) is 24.1. The molecule has 0 N–H and O–H groups in total. The molecule has 2 aromatic heterocycles. The minimum absolute atomic E-state index is 0.659. The number of rotatable bonds is 3. The lowest BCUT2D eigenvalue weighted by Gasteiger charge is -2.24. The summed E-state index contributed by atoms with van der Waals surface area (Å²) in [5.74, 6) is 0.659. The largest absolute Gasteiger partial charge is 0.255 e. The van der Waals surface area contributed by atoms with Crippen molar-refractivity contribution in [2.75, 3.05) is 0 Å². The third kappa shape index (κ3) is 3.89. The van der Waals surface area contributed by atoms with Gasteiger partial charge in [0.25, 0.3) is 0 Å². The van der Waals surface area contributed by atoms with Gasteiger partial charge in [-0.05, 0) is 109 Å². The number of nitrogens with zero attached hydrogens (tertiary/aromatic N) is 1. The number of hydrogen-bond acceptors (Lipinski definition) is 2. The van der Waals surface area contributed by atoms with Gasteiger partial charge in [0, 0.05) is 16.6 Å². The summed E-state index contributed by atoms with van der Waals surface area (Å²) >= 11 is 1.92. The monoisotopic (exact) mass is 475 g/mol. The van der Waals surface area contributed by atoms with Crippen LogP contribution in [0.3, 0.4) is 0 Å². The number of benzene rings is 3. The topological polar surface area (TPSA) is 12.9 Å². The summed E-state index contributed by atoms with van der Waals surface area (Å²) in [5, 5.41) is 4.09. The highest BCUT2D eigenvalue weighted by molar-refractivity contribution is 7.23. The van der Waals surface area contributed by atoms with Crippen molar-refractivity contribution in [1.82, 2.24) is 4.98 Å². The Hall–Kier alpha value is -2.97. The van der Waals surface area contributed by atoms with E-state index in [1.54, 1.807) is 0 Å². The zero-order valence-corrected chi connectivity index (χ0v) is 22.1.